The second-order valence-electron chi connectivity index (χ2n) is 9.46. The highest BCUT2D eigenvalue weighted by molar-refractivity contribution is 7.97. The molecule has 4 heteroatoms. The average Bonchev–Trinajstić information content (AvgIpc) is 2.85. The van der Waals surface area contributed by atoms with Crippen molar-refractivity contribution < 1.29 is 14.3 Å². The molecule has 0 N–H and O–H groups in total. The number of rotatable bonds is 8. The molecule has 0 aliphatic carbocycles. The molecule has 184 valence electrons. The van der Waals surface area contributed by atoms with Crippen molar-refractivity contribution in [1.29, 1.82) is 0 Å². The van der Waals surface area contributed by atoms with Crippen LogP contribution in [0.5, 0.6) is 5.75 Å². The molecule has 4 aromatic carbocycles. The SMILES string of the molecule is Cc1ccc(C(C)(C)OC(=O)COc2c(C)cc([S+](c3ccccc3)c3ccccc3)cc2C)cc1. The molecule has 4 rings (SSSR count). The zero-order valence-corrected chi connectivity index (χ0v) is 22.4. The number of ether oxygens (including phenoxy) is 2. The van der Waals surface area contributed by atoms with Crippen molar-refractivity contribution in [3.05, 3.63) is 119 Å². The van der Waals surface area contributed by atoms with Crippen LogP contribution in [0.1, 0.15) is 36.1 Å². The van der Waals surface area contributed by atoms with Crippen molar-refractivity contribution in [2.24, 2.45) is 0 Å². The van der Waals surface area contributed by atoms with Crippen LogP contribution >= 0.6 is 0 Å². The zero-order valence-electron chi connectivity index (χ0n) is 21.6. The molecule has 0 heterocycles. The Hall–Kier alpha value is -3.50. The van der Waals surface area contributed by atoms with Gasteiger partial charge in [0, 0.05) is 12.1 Å². The minimum atomic E-state index is -0.734. The first kappa shape index (κ1) is 25.6. The van der Waals surface area contributed by atoms with Gasteiger partial charge in [-0.1, -0.05) is 66.2 Å². The highest BCUT2D eigenvalue weighted by Gasteiger charge is 2.30. The van der Waals surface area contributed by atoms with Crippen molar-refractivity contribution in [2.75, 3.05) is 6.61 Å². The number of esters is 1. The third-order valence-electron chi connectivity index (χ3n) is 6.08. The lowest BCUT2D eigenvalue weighted by Crippen LogP contribution is -2.28. The lowest BCUT2D eigenvalue weighted by molar-refractivity contribution is -0.159. The van der Waals surface area contributed by atoms with Crippen LogP contribution in [0.2, 0.25) is 0 Å². The highest BCUT2D eigenvalue weighted by atomic mass is 32.2. The fourth-order valence-electron chi connectivity index (χ4n) is 4.24. The normalized spacial score (nSPS) is 11.4. The van der Waals surface area contributed by atoms with Crippen LogP contribution in [0.25, 0.3) is 0 Å². The quantitative estimate of drug-likeness (QED) is 0.186. The summed E-state index contributed by atoms with van der Waals surface area (Å²) in [6.07, 6.45) is 0. The number of carbonyl (C=O) groups is 1. The van der Waals surface area contributed by atoms with Crippen LogP contribution in [0, 0.1) is 20.8 Å². The number of aryl methyl sites for hydroxylation is 3. The molecule has 0 unspecified atom stereocenters. The van der Waals surface area contributed by atoms with Crippen molar-refractivity contribution in [1.82, 2.24) is 0 Å². The van der Waals surface area contributed by atoms with Gasteiger partial charge in [0.1, 0.15) is 11.4 Å². The van der Waals surface area contributed by atoms with Gasteiger partial charge in [0.25, 0.3) is 0 Å². The van der Waals surface area contributed by atoms with Crippen molar-refractivity contribution in [3.63, 3.8) is 0 Å². The van der Waals surface area contributed by atoms with Gasteiger partial charge in [-0.15, -0.1) is 0 Å². The lowest BCUT2D eigenvalue weighted by Gasteiger charge is -2.26. The van der Waals surface area contributed by atoms with E-state index in [2.05, 4.69) is 60.7 Å². The molecule has 0 amide bonds. The maximum Gasteiger partial charge on any atom is 0.345 e. The van der Waals surface area contributed by atoms with Crippen molar-refractivity contribution in [3.8, 4) is 5.75 Å². The Morgan fingerprint density at radius 1 is 0.722 bits per heavy atom. The third-order valence-corrected chi connectivity index (χ3v) is 8.27. The Kier molecular flexibility index (Phi) is 7.85. The van der Waals surface area contributed by atoms with E-state index in [4.69, 9.17) is 9.47 Å². The van der Waals surface area contributed by atoms with Gasteiger partial charge in [0.2, 0.25) is 0 Å². The molecule has 0 aromatic heterocycles. The first-order chi connectivity index (χ1) is 17.2. The predicted molar refractivity (Wildman–Crippen MR) is 147 cm³/mol. The van der Waals surface area contributed by atoms with Gasteiger partial charge in [0.15, 0.2) is 21.3 Å². The van der Waals surface area contributed by atoms with Crippen LogP contribution in [0.4, 0.5) is 0 Å². The molecular weight excluding hydrogens is 464 g/mol. The van der Waals surface area contributed by atoms with Gasteiger partial charge >= 0.3 is 5.97 Å². The van der Waals surface area contributed by atoms with Crippen LogP contribution in [0.15, 0.2) is 112 Å². The van der Waals surface area contributed by atoms with Gasteiger partial charge in [-0.2, -0.15) is 0 Å². The molecule has 0 saturated heterocycles. The predicted octanol–water partition coefficient (Wildman–Crippen LogP) is 7.56. The number of hydrogen-bond acceptors (Lipinski definition) is 3. The minimum absolute atomic E-state index is 0.139. The molecular formula is C32H33O3S+. The van der Waals surface area contributed by atoms with E-state index < -0.39 is 11.6 Å². The van der Waals surface area contributed by atoms with E-state index in [1.165, 1.54) is 20.2 Å². The third kappa shape index (κ3) is 6.00. The maximum absolute atomic E-state index is 12.7. The summed E-state index contributed by atoms with van der Waals surface area (Å²) in [5, 5.41) is 0. The van der Waals surface area contributed by atoms with Gasteiger partial charge in [-0.05, 0) is 75.6 Å². The summed E-state index contributed by atoms with van der Waals surface area (Å²) in [5.74, 6) is 0.338. The Bertz CT molecular complexity index is 1250. The van der Waals surface area contributed by atoms with Gasteiger partial charge < -0.3 is 9.47 Å². The largest absolute Gasteiger partial charge is 0.481 e. The molecule has 0 aliphatic heterocycles. The highest BCUT2D eigenvalue weighted by Crippen LogP contribution is 2.35. The average molecular weight is 498 g/mol. The first-order valence-electron chi connectivity index (χ1n) is 12.1. The van der Waals surface area contributed by atoms with E-state index >= 15 is 0 Å². The summed E-state index contributed by atoms with van der Waals surface area (Å²) in [5.41, 5.74) is 3.38. The van der Waals surface area contributed by atoms with Crippen molar-refractivity contribution >= 4 is 16.9 Å². The molecule has 0 radical (unpaired) electrons. The van der Waals surface area contributed by atoms with Crippen molar-refractivity contribution in [2.45, 2.75) is 54.9 Å². The molecule has 0 spiro atoms. The Balaban J connectivity index is 1.53. The molecule has 0 aliphatic rings. The van der Waals surface area contributed by atoms with E-state index in [1.54, 1.807) is 0 Å². The number of benzene rings is 4. The van der Waals surface area contributed by atoms with Gasteiger partial charge in [-0.3, -0.25) is 0 Å². The Labute approximate surface area is 217 Å². The van der Waals surface area contributed by atoms with E-state index in [9.17, 15) is 4.79 Å². The lowest BCUT2D eigenvalue weighted by atomic mass is 9.97. The van der Waals surface area contributed by atoms with Gasteiger partial charge in [-0.25, -0.2) is 4.79 Å². The number of hydrogen-bond donors (Lipinski definition) is 0. The summed E-state index contributed by atoms with van der Waals surface area (Å²) in [6.45, 7) is 9.76. The number of carbonyl (C=O) groups excluding carboxylic acids is 1. The summed E-state index contributed by atoms with van der Waals surface area (Å²) in [6, 6.07) is 33.5. The molecule has 4 aromatic rings. The second kappa shape index (κ2) is 11.0. The fourth-order valence-corrected chi connectivity index (χ4v) is 6.50. The molecule has 3 nitrogen and oxygen atoms in total. The van der Waals surface area contributed by atoms with Gasteiger partial charge in [0.05, 0.1) is 10.9 Å². The monoisotopic (exact) mass is 497 g/mol. The summed E-state index contributed by atoms with van der Waals surface area (Å²) >= 11 is 0. The summed E-state index contributed by atoms with van der Waals surface area (Å²) in [7, 11) is -0.240. The van der Waals surface area contributed by atoms with Crippen LogP contribution in [0.3, 0.4) is 0 Å². The van der Waals surface area contributed by atoms with Crippen LogP contribution < -0.4 is 4.74 Å². The van der Waals surface area contributed by atoms with Crippen LogP contribution in [-0.2, 0) is 26.0 Å². The molecule has 0 bridgehead atoms. The molecule has 36 heavy (non-hydrogen) atoms. The van der Waals surface area contributed by atoms with E-state index in [0.717, 1.165) is 22.4 Å². The Morgan fingerprint density at radius 3 is 1.72 bits per heavy atom. The maximum atomic E-state index is 12.7. The summed E-state index contributed by atoms with van der Waals surface area (Å²) < 4.78 is 11.8. The topological polar surface area (TPSA) is 35.5 Å². The van der Waals surface area contributed by atoms with E-state index in [-0.39, 0.29) is 17.5 Å². The van der Waals surface area contributed by atoms with E-state index in [1.807, 2.05) is 71.0 Å². The minimum Gasteiger partial charge on any atom is -0.481 e. The Morgan fingerprint density at radius 2 is 1.22 bits per heavy atom. The smallest absolute Gasteiger partial charge is 0.345 e. The molecule has 0 atom stereocenters. The molecule has 0 fully saturated rings. The standard InChI is InChI=1S/C32H33O3S/c1-23-16-18-26(19-17-23)32(4,5)35-30(33)22-34-31-24(2)20-29(21-25(31)3)36(27-12-8-6-9-13-27)28-14-10-7-11-15-28/h6-21H,22H2,1-5H3/q+1. The first-order valence-corrected chi connectivity index (χ1v) is 13.3. The fraction of sp³-hybridized carbons (Fsp3) is 0.219. The molecule has 0 saturated carbocycles. The zero-order chi connectivity index (χ0) is 25.7. The summed E-state index contributed by atoms with van der Waals surface area (Å²) in [4.78, 5) is 16.4. The van der Waals surface area contributed by atoms with Crippen LogP contribution in [-0.4, -0.2) is 12.6 Å². The second-order valence-corrected chi connectivity index (χ2v) is 11.5. The van der Waals surface area contributed by atoms with E-state index in [0.29, 0.717) is 0 Å².